The number of isocyanates is 1. The van der Waals surface area contributed by atoms with Gasteiger partial charge in [0, 0.05) is 16.2 Å². The largest absolute Gasteiger partial charge is 0.239 e. The van der Waals surface area contributed by atoms with Crippen molar-refractivity contribution < 1.29 is 4.79 Å². The molecule has 0 unspecified atom stereocenters. The van der Waals surface area contributed by atoms with Gasteiger partial charge >= 0.3 is 0 Å². The van der Waals surface area contributed by atoms with Crippen LogP contribution in [0.25, 0.3) is 6.08 Å². The molecule has 0 heterocycles. The Morgan fingerprint density at radius 1 is 1.38 bits per heavy atom. The fraction of sp³-hybridized carbons (Fsp3) is 0. The van der Waals surface area contributed by atoms with Crippen molar-refractivity contribution in [2.45, 2.75) is 0 Å². The Bertz CT molecular complexity index is 381. The molecule has 4 heteroatoms. The molecule has 0 aliphatic rings. The highest BCUT2D eigenvalue weighted by molar-refractivity contribution is 6.34. The van der Waals surface area contributed by atoms with Crippen molar-refractivity contribution in [1.29, 1.82) is 0 Å². The van der Waals surface area contributed by atoms with Crippen LogP contribution in [0.3, 0.4) is 0 Å². The summed E-state index contributed by atoms with van der Waals surface area (Å²) in [6.07, 6.45) is 4.28. The molecule has 0 fully saturated rings. The van der Waals surface area contributed by atoms with Gasteiger partial charge in [0.15, 0.2) is 0 Å². The Labute approximate surface area is 85.5 Å². The van der Waals surface area contributed by atoms with Crippen LogP contribution >= 0.6 is 23.2 Å². The maximum atomic E-state index is 9.74. The molecule has 13 heavy (non-hydrogen) atoms. The van der Waals surface area contributed by atoms with E-state index in [1.807, 2.05) is 0 Å². The maximum Gasteiger partial charge on any atom is 0.239 e. The molecule has 0 radical (unpaired) electrons. The summed E-state index contributed by atoms with van der Waals surface area (Å²) in [6.45, 7) is 0. The van der Waals surface area contributed by atoms with Crippen molar-refractivity contribution in [2.75, 3.05) is 0 Å². The van der Waals surface area contributed by atoms with Crippen molar-refractivity contribution in [3.05, 3.63) is 40.0 Å². The number of carbonyl (C=O) groups excluding carboxylic acids is 1. The second kappa shape index (κ2) is 4.83. The molecule has 1 rings (SSSR count). The van der Waals surface area contributed by atoms with Crippen LogP contribution in [-0.2, 0) is 4.79 Å². The minimum atomic E-state index is 0.557. The van der Waals surface area contributed by atoms with Crippen LogP contribution in [0.2, 0.25) is 10.0 Å². The highest BCUT2D eigenvalue weighted by Crippen LogP contribution is 2.21. The molecule has 2 nitrogen and oxygen atoms in total. The van der Waals surface area contributed by atoms with Gasteiger partial charge in [-0.05, 0) is 29.8 Å². The lowest BCUT2D eigenvalue weighted by molar-refractivity contribution is 0.565. The molecule has 0 saturated carbocycles. The van der Waals surface area contributed by atoms with Crippen LogP contribution in [0, 0.1) is 0 Å². The normalized spacial score (nSPS) is 10.0. The highest BCUT2D eigenvalue weighted by atomic mass is 35.5. The number of nitrogens with zero attached hydrogens (tertiary/aromatic N) is 1. The van der Waals surface area contributed by atoms with Gasteiger partial charge in [0.1, 0.15) is 0 Å². The number of hydrogen-bond donors (Lipinski definition) is 0. The third kappa shape index (κ3) is 3.03. The molecule has 1 aromatic carbocycles. The standard InChI is InChI=1S/C9H5Cl2NO/c10-8-1-2-9(11)7(5-8)3-4-12-6-13/h1-5H/b4-3+. The average Bonchev–Trinajstić information content (AvgIpc) is 2.11. The van der Waals surface area contributed by atoms with Gasteiger partial charge in [-0.25, -0.2) is 4.79 Å². The zero-order chi connectivity index (χ0) is 9.68. The van der Waals surface area contributed by atoms with Gasteiger partial charge < -0.3 is 0 Å². The fourth-order valence-corrected chi connectivity index (χ4v) is 1.15. The maximum absolute atomic E-state index is 9.74. The Hall–Kier alpha value is -1.08. The van der Waals surface area contributed by atoms with E-state index in [0.717, 1.165) is 0 Å². The van der Waals surface area contributed by atoms with Crippen LogP contribution < -0.4 is 0 Å². The molecule has 0 amide bonds. The molecule has 66 valence electrons. The molecule has 0 bridgehead atoms. The van der Waals surface area contributed by atoms with Gasteiger partial charge in [-0.3, -0.25) is 0 Å². The summed E-state index contributed by atoms with van der Waals surface area (Å²) in [5.74, 6) is 0. The summed E-state index contributed by atoms with van der Waals surface area (Å²) in [5, 5.41) is 1.14. The van der Waals surface area contributed by atoms with E-state index in [4.69, 9.17) is 23.2 Å². The topological polar surface area (TPSA) is 29.4 Å². The second-order valence-electron chi connectivity index (χ2n) is 2.20. The molecule has 1 aromatic rings. The lowest BCUT2D eigenvalue weighted by Crippen LogP contribution is -1.74. The average molecular weight is 214 g/mol. The number of halogens is 2. The first-order valence-corrected chi connectivity index (χ1v) is 4.18. The van der Waals surface area contributed by atoms with Gasteiger partial charge in [0.05, 0.1) is 0 Å². The first kappa shape index (κ1) is 10.0. The first-order chi connectivity index (χ1) is 6.24. The summed E-state index contributed by atoms with van der Waals surface area (Å²) < 4.78 is 0. The van der Waals surface area contributed by atoms with Crippen LogP contribution in [-0.4, -0.2) is 6.08 Å². The summed E-state index contributed by atoms with van der Waals surface area (Å²) in [7, 11) is 0. The number of benzene rings is 1. The van der Waals surface area contributed by atoms with E-state index in [1.54, 1.807) is 24.3 Å². The summed E-state index contributed by atoms with van der Waals surface area (Å²) in [5.41, 5.74) is 0.716. The second-order valence-corrected chi connectivity index (χ2v) is 3.05. The molecular formula is C9H5Cl2NO. The summed E-state index contributed by atoms with van der Waals surface area (Å²) in [6, 6.07) is 5.04. The molecule has 0 aliphatic heterocycles. The van der Waals surface area contributed by atoms with E-state index in [-0.39, 0.29) is 0 Å². The molecule has 0 saturated heterocycles. The van der Waals surface area contributed by atoms with Gasteiger partial charge in [0.25, 0.3) is 0 Å². The van der Waals surface area contributed by atoms with Crippen molar-refractivity contribution >= 4 is 35.4 Å². The lowest BCUT2D eigenvalue weighted by Gasteiger charge is -1.96. The van der Waals surface area contributed by atoms with Gasteiger partial charge in [-0.2, -0.15) is 4.99 Å². The summed E-state index contributed by atoms with van der Waals surface area (Å²) in [4.78, 5) is 13.0. The van der Waals surface area contributed by atoms with Crippen molar-refractivity contribution in [1.82, 2.24) is 0 Å². The van der Waals surface area contributed by atoms with E-state index in [2.05, 4.69) is 4.99 Å². The zero-order valence-electron chi connectivity index (χ0n) is 6.50. The molecular weight excluding hydrogens is 209 g/mol. The van der Waals surface area contributed by atoms with Crippen LogP contribution in [0.15, 0.2) is 29.4 Å². The molecule has 0 N–H and O–H groups in total. The van der Waals surface area contributed by atoms with Crippen molar-refractivity contribution in [3.8, 4) is 0 Å². The van der Waals surface area contributed by atoms with E-state index in [9.17, 15) is 4.79 Å². The van der Waals surface area contributed by atoms with Gasteiger partial charge in [-0.1, -0.05) is 23.2 Å². The predicted octanol–water partition coefficient (Wildman–Crippen LogP) is 3.30. The molecule has 0 aliphatic carbocycles. The van der Waals surface area contributed by atoms with Crippen LogP contribution in [0.4, 0.5) is 0 Å². The minimum Gasteiger partial charge on any atom is -0.211 e. The van der Waals surface area contributed by atoms with Gasteiger partial charge in [-0.15, -0.1) is 0 Å². The number of rotatable bonds is 2. The molecule has 0 spiro atoms. The highest BCUT2D eigenvalue weighted by Gasteiger charge is 1.96. The third-order valence-corrected chi connectivity index (χ3v) is 1.92. The zero-order valence-corrected chi connectivity index (χ0v) is 8.01. The van der Waals surface area contributed by atoms with E-state index < -0.39 is 0 Å². The summed E-state index contributed by atoms with van der Waals surface area (Å²) >= 11 is 11.6. The Morgan fingerprint density at radius 3 is 2.85 bits per heavy atom. The monoisotopic (exact) mass is 213 g/mol. The third-order valence-electron chi connectivity index (χ3n) is 1.34. The Morgan fingerprint density at radius 2 is 2.15 bits per heavy atom. The number of hydrogen-bond acceptors (Lipinski definition) is 2. The SMILES string of the molecule is O=C=N/C=C/c1cc(Cl)ccc1Cl. The predicted molar refractivity (Wildman–Crippen MR) is 53.6 cm³/mol. The van der Waals surface area contributed by atoms with E-state index in [0.29, 0.717) is 15.6 Å². The molecule has 0 atom stereocenters. The Kier molecular flexibility index (Phi) is 3.71. The van der Waals surface area contributed by atoms with E-state index in [1.165, 1.54) is 12.3 Å². The van der Waals surface area contributed by atoms with Crippen molar-refractivity contribution in [2.24, 2.45) is 4.99 Å². The van der Waals surface area contributed by atoms with Gasteiger partial charge in [0.2, 0.25) is 6.08 Å². The first-order valence-electron chi connectivity index (χ1n) is 3.42. The van der Waals surface area contributed by atoms with Crippen LogP contribution in [0.5, 0.6) is 0 Å². The molecule has 0 aromatic heterocycles. The quantitative estimate of drug-likeness (QED) is 0.548. The fourth-order valence-electron chi connectivity index (χ4n) is 0.790. The minimum absolute atomic E-state index is 0.557. The number of aliphatic imine (C=N–C) groups is 1. The Balaban J connectivity index is 2.99. The van der Waals surface area contributed by atoms with Crippen LogP contribution in [0.1, 0.15) is 5.56 Å². The van der Waals surface area contributed by atoms with Crippen molar-refractivity contribution in [3.63, 3.8) is 0 Å². The van der Waals surface area contributed by atoms with E-state index >= 15 is 0 Å². The lowest BCUT2D eigenvalue weighted by atomic mass is 10.2. The smallest absolute Gasteiger partial charge is 0.211 e.